The van der Waals surface area contributed by atoms with Crippen molar-refractivity contribution in [3.8, 4) is 11.5 Å². The van der Waals surface area contributed by atoms with Crippen molar-refractivity contribution in [2.24, 2.45) is 0 Å². The summed E-state index contributed by atoms with van der Waals surface area (Å²) in [6.45, 7) is 0. The van der Waals surface area contributed by atoms with Crippen LogP contribution in [0.3, 0.4) is 0 Å². The normalized spacial score (nSPS) is 10.0. The monoisotopic (exact) mass is 312 g/mol. The summed E-state index contributed by atoms with van der Waals surface area (Å²) < 4.78 is 10.2. The lowest BCUT2D eigenvalue weighted by Gasteiger charge is -2.12. The van der Waals surface area contributed by atoms with Crippen LogP contribution in [-0.2, 0) is 0 Å². The standard InChI is InChI=1S/C14H14Cl2N2O2/c1-19-13-5-3-9(7-11(13)15)17-18-10-4-6-14(20-2)12(16)8-10/h3-8,17-18H,1-2H3. The van der Waals surface area contributed by atoms with E-state index in [1.165, 1.54) is 0 Å². The van der Waals surface area contributed by atoms with Crippen molar-refractivity contribution in [2.45, 2.75) is 0 Å². The van der Waals surface area contributed by atoms with E-state index in [2.05, 4.69) is 10.9 Å². The first-order valence-electron chi connectivity index (χ1n) is 5.83. The number of anilines is 2. The van der Waals surface area contributed by atoms with Gasteiger partial charge in [-0.25, -0.2) is 0 Å². The maximum absolute atomic E-state index is 6.05. The summed E-state index contributed by atoms with van der Waals surface area (Å²) in [4.78, 5) is 0. The van der Waals surface area contributed by atoms with Gasteiger partial charge in [-0.2, -0.15) is 0 Å². The first-order chi connectivity index (χ1) is 9.63. The van der Waals surface area contributed by atoms with Crippen LogP contribution in [0, 0.1) is 0 Å². The zero-order valence-electron chi connectivity index (χ0n) is 11.0. The first-order valence-corrected chi connectivity index (χ1v) is 6.58. The summed E-state index contributed by atoms with van der Waals surface area (Å²) in [7, 11) is 3.15. The van der Waals surface area contributed by atoms with Crippen LogP contribution < -0.4 is 20.3 Å². The Kier molecular flexibility index (Phi) is 4.82. The van der Waals surface area contributed by atoms with Crippen LogP contribution in [0.1, 0.15) is 0 Å². The third-order valence-electron chi connectivity index (χ3n) is 2.65. The molecule has 4 nitrogen and oxygen atoms in total. The first kappa shape index (κ1) is 14.6. The number of methoxy groups -OCH3 is 2. The van der Waals surface area contributed by atoms with Gasteiger partial charge in [-0.3, -0.25) is 0 Å². The molecule has 2 aromatic carbocycles. The Morgan fingerprint density at radius 2 is 1.15 bits per heavy atom. The highest BCUT2D eigenvalue weighted by Crippen LogP contribution is 2.29. The van der Waals surface area contributed by atoms with Crippen LogP contribution in [0.15, 0.2) is 36.4 Å². The molecule has 2 N–H and O–H groups in total. The maximum atomic E-state index is 6.05. The number of benzene rings is 2. The van der Waals surface area contributed by atoms with Crippen LogP contribution in [0.2, 0.25) is 10.0 Å². The second-order valence-corrected chi connectivity index (χ2v) is 4.76. The molecule has 0 heterocycles. The van der Waals surface area contributed by atoms with E-state index in [4.69, 9.17) is 32.7 Å². The van der Waals surface area contributed by atoms with Crippen LogP contribution >= 0.6 is 23.2 Å². The molecule has 0 aliphatic carbocycles. The van der Waals surface area contributed by atoms with Crippen LogP contribution in [0.25, 0.3) is 0 Å². The summed E-state index contributed by atoms with van der Waals surface area (Å²) in [5.74, 6) is 1.26. The quantitative estimate of drug-likeness (QED) is 0.800. The van der Waals surface area contributed by atoms with E-state index in [1.807, 2.05) is 12.1 Å². The van der Waals surface area contributed by atoms with Crippen molar-refractivity contribution in [3.05, 3.63) is 46.4 Å². The Hall–Kier alpha value is -1.78. The number of hydrogen-bond donors (Lipinski definition) is 2. The van der Waals surface area contributed by atoms with Crippen molar-refractivity contribution >= 4 is 34.6 Å². The summed E-state index contributed by atoms with van der Waals surface area (Å²) in [6, 6.07) is 10.8. The van der Waals surface area contributed by atoms with Gasteiger partial charge < -0.3 is 20.3 Å². The fourth-order valence-electron chi connectivity index (χ4n) is 1.63. The molecule has 0 amide bonds. The molecule has 0 aliphatic rings. The van der Waals surface area contributed by atoms with Gasteiger partial charge in [0.2, 0.25) is 0 Å². The van der Waals surface area contributed by atoms with Crippen molar-refractivity contribution in [3.63, 3.8) is 0 Å². The third kappa shape index (κ3) is 3.40. The van der Waals surface area contributed by atoms with Gasteiger partial charge in [0.15, 0.2) is 0 Å². The van der Waals surface area contributed by atoms with Gasteiger partial charge in [0.05, 0.1) is 35.6 Å². The van der Waals surface area contributed by atoms with E-state index in [0.29, 0.717) is 21.5 Å². The highest BCUT2D eigenvalue weighted by atomic mass is 35.5. The lowest BCUT2D eigenvalue weighted by molar-refractivity contribution is 0.415. The van der Waals surface area contributed by atoms with E-state index in [9.17, 15) is 0 Å². The second-order valence-electron chi connectivity index (χ2n) is 3.95. The summed E-state index contributed by atoms with van der Waals surface area (Å²) >= 11 is 12.1. The average Bonchev–Trinajstić information content (AvgIpc) is 2.45. The van der Waals surface area contributed by atoms with Crippen molar-refractivity contribution in [1.29, 1.82) is 0 Å². The van der Waals surface area contributed by atoms with E-state index in [0.717, 1.165) is 11.4 Å². The molecule has 2 aromatic rings. The maximum Gasteiger partial charge on any atom is 0.137 e. The van der Waals surface area contributed by atoms with Gasteiger partial charge in [0.1, 0.15) is 11.5 Å². The second kappa shape index (κ2) is 6.59. The minimum Gasteiger partial charge on any atom is -0.495 e. The van der Waals surface area contributed by atoms with E-state index >= 15 is 0 Å². The molecule has 2 rings (SSSR count). The van der Waals surface area contributed by atoms with Gasteiger partial charge >= 0.3 is 0 Å². The lowest BCUT2D eigenvalue weighted by atomic mass is 10.3. The molecule has 0 bridgehead atoms. The van der Waals surface area contributed by atoms with Gasteiger partial charge in [-0.1, -0.05) is 23.2 Å². The molecule has 0 aliphatic heterocycles. The van der Waals surface area contributed by atoms with Crippen molar-refractivity contribution < 1.29 is 9.47 Å². The Morgan fingerprint density at radius 1 is 0.750 bits per heavy atom. The van der Waals surface area contributed by atoms with E-state index in [-0.39, 0.29) is 0 Å². The van der Waals surface area contributed by atoms with Crippen LogP contribution in [-0.4, -0.2) is 14.2 Å². The predicted molar refractivity (Wildman–Crippen MR) is 83.3 cm³/mol. The van der Waals surface area contributed by atoms with Crippen LogP contribution in [0.5, 0.6) is 11.5 Å². The summed E-state index contributed by atoms with van der Waals surface area (Å²) in [6.07, 6.45) is 0. The topological polar surface area (TPSA) is 42.5 Å². The minimum absolute atomic E-state index is 0.534. The molecule has 6 heteroatoms. The molecule has 20 heavy (non-hydrogen) atoms. The van der Waals surface area contributed by atoms with Gasteiger partial charge in [0, 0.05) is 0 Å². The molecule has 0 radical (unpaired) electrons. The molecule has 0 saturated carbocycles. The Balaban J connectivity index is 2.05. The number of ether oxygens (including phenoxy) is 2. The Bertz CT molecular complexity index is 552. The fraction of sp³-hybridized carbons (Fsp3) is 0.143. The lowest BCUT2D eigenvalue weighted by Crippen LogP contribution is -2.08. The predicted octanol–water partition coefficient (Wildman–Crippen LogP) is 4.45. The zero-order chi connectivity index (χ0) is 14.5. The molecular formula is C14H14Cl2N2O2. The molecule has 0 fully saturated rings. The van der Waals surface area contributed by atoms with Crippen molar-refractivity contribution in [2.75, 3.05) is 25.1 Å². The van der Waals surface area contributed by atoms with Crippen molar-refractivity contribution in [1.82, 2.24) is 0 Å². The number of halogens is 2. The summed E-state index contributed by atoms with van der Waals surface area (Å²) in [5.41, 5.74) is 7.67. The Labute approximate surface area is 127 Å². The fourth-order valence-corrected chi connectivity index (χ4v) is 2.15. The van der Waals surface area contributed by atoms with E-state index < -0.39 is 0 Å². The third-order valence-corrected chi connectivity index (χ3v) is 3.25. The van der Waals surface area contributed by atoms with E-state index in [1.54, 1.807) is 38.5 Å². The van der Waals surface area contributed by atoms with Crippen LogP contribution in [0.4, 0.5) is 11.4 Å². The average molecular weight is 313 g/mol. The summed E-state index contributed by atoms with van der Waals surface area (Å²) in [5, 5.41) is 1.07. The molecule has 0 unspecified atom stereocenters. The molecule has 0 saturated heterocycles. The number of hydrogen-bond acceptors (Lipinski definition) is 4. The SMILES string of the molecule is COc1ccc(NNc2ccc(OC)c(Cl)c2)cc1Cl. The van der Waals surface area contributed by atoms with Gasteiger partial charge in [0.25, 0.3) is 0 Å². The number of nitrogens with one attached hydrogen (secondary N) is 2. The smallest absolute Gasteiger partial charge is 0.137 e. The highest BCUT2D eigenvalue weighted by molar-refractivity contribution is 6.32. The number of hydrazine groups is 1. The highest BCUT2D eigenvalue weighted by Gasteiger charge is 2.03. The number of rotatable bonds is 5. The zero-order valence-corrected chi connectivity index (χ0v) is 12.5. The molecule has 0 spiro atoms. The molecule has 0 aromatic heterocycles. The van der Waals surface area contributed by atoms with Gasteiger partial charge in [-0.15, -0.1) is 0 Å². The Morgan fingerprint density at radius 3 is 1.45 bits per heavy atom. The largest absolute Gasteiger partial charge is 0.495 e. The van der Waals surface area contributed by atoms with Gasteiger partial charge in [-0.05, 0) is 36.4 Å². The molecular weight excluding hydrogens is 299 g/mol. The molecule has 106 valence electrons. The minimum atomic E-state index is 0.534. The molecule has 0 atom stereocenters.